The van der Waals surface area contributed by atoms with Crippen molar-refractivity contribution in [3.8, 4) is 11.5 Å². The summed E-state index contributed by atoms with van der Waals surface area (Å²) in [5, 5.41) is 1.17. The van der Waals surface area contributed by atoms with Gasteiger partial charge in [-0.15, -0.1) is 0 Å². The monoisotopic (exact) mass is 463 g/mol. The molecule has 2 aromatic carbocycles. The van der Waals surface area contributed by atoms with Crippen LogP contribution in [0, 0.1) is 0 Å². The fraction of sp³-hybridized carbons (Fsp3) is 0.280. The number of hydrogen-bond acceptors (Lipinski definition) is 7. The molecule has 0 bridgehead atoms. The van der Waals surface area contributed by atoms with Gasteiger partial charge >= 0.3 is 5.97 Å². The summed E-state index contributed by atoms with van der Waals surface area (Å²) in [5.74, 6) is 0.141. The minimum absolute atomic E-state index is 0.0575. The SMILES string of the molecule is COc1cc2ncn(CCCC(=O)O[C@H](C)C(=O)c3c[nH]c4ccccc34)c(=O)c2cc1OC. The molecule has 0 unspecified atom stereocenters. The molecule has 0 saturated heterocycles. The van der Waals surface area contributed by atoms with Gasteiger partial charge in [0.05, 0.1) is 31.4 Å². The molecular formula is C25H25N3O6. The Kier molecular flexibility index (Phi) is 6.62. The summed E-state index contributed by atoms with van der Waals surface area (Å²) in [7, 11) is 3.01. The summed E-state index contributed by atoms with van der Waals surface area (Å²) < 4.78 is 17.3. The summed E-state index contributed by atoms with van der Waals surface area (Å²) in [6.07, 6.45) is 2.56. The van der Waals surface area contributed by atoms with Gasteiger partial charge in [-0.2, -0.15) is 0 Å². The van der Waals surface area contributed by atoms with E-state index in [9.17, 15) is 14.4 Å². The molecule has 0 fully saturated rings. The first-order chi connectivity index (χ1) is 16.4. The number of aryl methyl sites for hydroxylation is 1. The van der Waals surface area contributed by atoms with Crippen LogP contribution in [0.5, 0.6) is 11.5 Å². The first-order valence-corrected chi connectivity index (χ1v) is 10.8. The predicted molar refractivity (Wildman–Crippen MR) is 127 cm³/mol. The number of ether oxygens (including phenoxy) is 3. The maximum Gasteiger partial charge on any atom is 0.306 e. The van der Waals surface area contributed by atoms with Gasteiger partial charge in [0.2, 0.25) is 5.78 Å². The zero-order valence-electron chi connectivity index (χ0n) is 19.2. The van der Waals surface area contributed by atoms with E-state index in [1.165, 1.54) is 25.1 Å². The Morgan fingerprint density at radius 3 is 2.59 bits per heavy atom. The maximum atomic E-state index is 12.8. The fourth-order valence-corrected chi connectivity index (χ4v) is 3.84. The van der Waals surface area contributed by atoms with Crippen molar-refractivity contribution in [3.05, 3.63) is 64.8 Å². The summed E-state index contributed by atoms with van der Waals surface area (Å²) in [4.78, 5) is 45.3. The molecule has 176 valence electrons. The van der Waals surface area contributed by atoms with E-state index in [1.54, 1.807) is 25.3 Å². The van der Waals surface area contributed by atoms with Crippen molar-refractivity contribution in [3.63, 3.8) is 0 Å². The van der Waals surface area contributed by atoms with Gasteiger partial charge < -0.3 is 19.2 Å². The number of carbonyl (C=O) groups excluding carboxylic acids is 2. The molecule has 9 nitrogen and oxygen atoms in total. The molecule has 34 heavy (non-hydrogen) atoms. The highest BCUT2D eigenvalue weighted by atomic mass is 16.5. The molecule has 0 saturated carbocycles. The van der Waals surface area contributed by atoms with Crippen LogP contribution in [0.4, 0.5) is 0 Å². The molecule has 2 heterocycles. The quantitative estimate of drug-likeness (QED) is 0.299. The van der Waals surface area contributed by atoms with Crippen molar-refractivity contribution in [1.82, 2.24) is 14.5 Å². The maximum absolute atomic E-state index is 12.8. The molecule has 1 N–H and O–H groups in total. The number of Topliss-reactive ketones (excluding diaryl/α,β-unsaturated/α-hetero) is 1. The Hall–Kier alpha value is -4.14. The molecule has 0 aliphatic rings. The molecule has 0 radical (unpaired) electrons. The number of aromatic amines is 1. The number of nitrogens with zero attached hydrogens (tertiary/aromatic N) is 2. The molecule has 0 amide bonds. The van der Waals surface area contributed by atoms with Gasteiger partial charge in [0.25, 0.3) is 5.56 Å². The van der Waals surface area contributed by atoms with Gasteiger partial charge in [-0.25, -0.2) is 4.98 Å². The number of H-pyrrole nitrogens is 1. The topological polar surface area (TPSA) is 113 Å². The van der Waals surface area contributed by atoms with Gasteiger partial charge in [0, 0.05) is 41.7 Å². The molecule has 2 aromatic heterocycles. The van der Waals surface area contributed by atoms with Gasteiger partial charge in [-0.1, -0.05) is 18.2 Å². The number of esters is 1. The van der Waals surface area contributed by atoms with Crippen LogP contribution < -0.4 is 15.0 Å². The molecule has 0 aliphatic carbocycles. The molecular weight excluding hydrogens is 438 g/mol. The van der Waals surface area contributed by atoms with Crippen LogP contribution in [0.1, 0.15) is 30.1 Å². The number of nitrogens with one attached hydrogen (secondary N) is 1. The number of aromatic nitrogens is 3. The minimum atomic E-state index is -0.917. The highest BCUT2D eigenvalue weighted by Gasteiger charge is 2.22. The minimum Gasteiger partial charge on any atom is -0.493 e. The predicted octanol–water partition coefficient (Wildman–Crippen LogP) is 3.49. The van der Waals surface area contributed by atoms with E-state index in [-0.39, 0.29) is 24.3 Å². The smallest absolute Gasteiger partial charge is 0.306 e. The van der Waals surface area contributed by atoms with Gasteiger partial charge in [0.15, 0.2) is 17.6 Å². The average molecular weight is 463 g/mol. The van der Waals surface area contributed by atoms with E-state index in [2.05, 4.69) is 9.97 Å². The van der Waals surface area contributed by atoms with Crippen LogP contribution in [0.2, 0.25) is 0 Å². The number of carbonyl (C=O) groups is 2. The lowest BCUT2D eigenvalue weighted by Gasteiger charge is -2.12. The van der Waals surface area contributed by atoms with Crippen molar-refractivity contribution >= 4 is 33.6 Å². The van der Waals surface area contributed by atoms with E-state index in [1.807, 2.05) is 24.3 Å². The Morgan fingerprint density at radius 1 is 1.09 bits per heavy atom. The number of methoxy groups -OCH3 is 2. The Bertz CT molecular complexity index is 1420. The lowest BCUT2D eigenvalue weighted by atomic mass is 10.1. The molecule has 0 aliphatic heterocycles. The first-order valence-electron chi connectivity index (χ1n) is 10.8. The van der Waals surface area contributed by atoms with Crippen LogP contribution in [-0.4, -0.2) is 46.6 Å². The summed E-state index contributed by atoms with van der Waals surface area (Å²) >= 11 is 0. The summed E-state index contributed by atoms with van der Waals surface area (Å²) in [5.41, 5.74) is 1.57. The second-order valence-electron chi connectivity index (χ2n) is 7.82. The van der Waals surface area contributed by atoms with Crippen molar-refractivity contribution in [2.24, 2.45) is 0 Å². The third-order valence-corrected chi connectivity index (χ3v) is 5.64. The van der Waals surface area contributed by atoms with Gasteiger partial charge in [-0.05, 0) is 25.5 Å². The second kappa shape index (κ2) is 9.78. The van der Waals surface area contributed by atoms with E-state index in [0.29, 0.717) is 34.4 Å². The van der Waals surface area contributed by atoms with E-state index >= 15 is 0 Å². The summed E-state index contributed by atoms with van der Waals surface area (Å²) in [6, 6.07) is 10.7. The van der Waals surface area contributed by atoms with Gasteiger partial charge in [-0.3, -0.25) is 19.0 Å². The molecule has 4 rings (SSSR count). The number of hydrogen-bond donors (Lipinski definition) is 1. The lowest BCUT2D eigenvalue weighted by Crippen LogP contribution is -2.25. The first kappa shape index (κ1) is 23.0. The van der Waals surface area contributed by atoms with Crippen molar-refractivity contribution in [1.29, 1.82) is 0 Å². The van der Waals surface area contributed by atoms with Crippen molar-refractivity contribution < 1.29 is 23.8 Å². The lowest BCUT2D eigenvalue weighted by molar-refractivity contribution is -0.146. The third-order valence-electron chi connectivity index (χ3n) is 5.64. The highest BCUT2D eigenvalue weighted by Crippen LogP contribution is 2.29. The van der Waals surface area contributed by atoms with E-state index in [4.69, 9.17) is 14.2 Å². The van der Waals surface area contributed by atoms with Gasteiger partial charge in [0.1, 0.15) is 0 Å². The summed E-state index contributed by atoms with van der Waals surface area (Å²) in [6.45, 7) is 1.83. The Morgan fingerprint density at radius 2 is 1.82 bits per heavy atom. The second-order valence-corrected chi connectivity index (χ2v) is 7.82. The van der Waals surface area contributed by atoms with Crippen LogP contribution in [0.15, 0.2) is 53.7 Å². The standard InChI is InChI=1S/C25H25N3O6/c1-15(24(30)18-13-26-19-8-5-4-7-16(18)19)34-23(29)9-6-10-28-14-27-20-12-22(33-3)21(32-2)11-17(20)25(28)31/h4-5,7-8,11-15,26H,6,9-10H2,1-3H3/t15-/m1/s1. The van der Waals surface area contributed by atoms with Crippen LogP contribution in [0.25, 0.3) is 21.8 Å². The zero-order valence-corrected chi connectivity index (χ0v) is 19.2. The fourth-order valence-electron chi connectivity index (χ4n) is 3.84. The van der Waals surface area contributed by atoms with Crippen LogP contribution in [0.3, 0.4) is 0 Å². The van der Waals surface area contributed by atoms with Crippen molar-refractivity contribution in [2.45, 2.75) is 32.4 Å². The van der Waals surface area contributed by atoms with E-state index in [0.717, 1.165) is 10.9 Å². The largest absolute Gasteiger partial charge is 0.493 e. The highest BCUT2D eigenvalue weighted by molar-refractivity contribution is 6.10. The number of fused-ring (bicyclic) bond motifs is 2. The molecule has 4 aromatic rings. The van der Waals surface area contributed by atoms with Crippen molar-refractivity contribution in [2.75, 3.05) is 14.2 Å². The van der Waals surface area contributed by atoms with Crippen LogP contribution >= 0.6 is 0 Å². The number of rotatable bonds is 9. The Labute approximate surface area is 195 Å². The van der Waals surface area contributed by atoms with E-state index < -0.39 is 12.1 Å². The molecule has 9 heteroatoms. The average Bonchev–Trinajstić information content (AvgIpc) is 3.28. The number of benzene rings is 2. The normalized spacial score (nSPS) is 12.0. The van der Waals surface area contributed by atoms with Crippen LogP contribution in [-0.2, 0) is 16.1 Å². The molecule has 1 atom stereocenters. The Balaban J connectivity index is 1.37. The number of para-hydroxylation sites is 1. The third kappa shape index (κ3) is 4.50. The molecule has 0 spiro atoms. The number of ketones is 1. The zero-order chi connectivity index (χ0) is 24.2.